The number of nitrogen functional groups attached to an aromatic ring is 1. The summed E-state index contributed by atoms with van der Waals surface area (Å²) >= 11 is 0. The fraction of sp³-hybridized carbons (Fsp3) is 0.414. The molecule has 1 unspecified atom stereocenters. The molecule has 40 heavy (non-hydrogen) atoms. The molecule has 3 aromatic rings. The molecule has 1 saturated heterocycles. The molecule has 2 aromatic heterocycles. The average molecular weight is 549 g/mol. The first-order chi connectivity index (χ1) is 19.0. The van der Waals surface area contributed by atoms with E-state index in [1.165, 1.54) is 4.68 Å². The average Bonchev–Trinajstić information content (AvgIpc) is 3.52. The van der Waals surface area contributed by atoms with Gasteiger partial charge < -0.3 is 20.6 Å². The number of amides is 2. The molecule has 0 aliphatic carbocycles. The smallest absolute Gasteiger partial charge is 0.410 e. The molecule has 0 radical (unpaired) electrons. The third-order valence-corrected chi connectivity index (χ3v) is 6.48. The lowest BCUT2D eigenvalue weighted by Gasteiger charge is -2.28. The Balaban J connectivity index is 1.65. The number of esters is 1. The lowest BCUT2D eigenvalue weighted by molar-refractivity contribution is 0.0216. The van der Waals surface area contributed by atoms with Gasteiger partial charge in [-0.2, -0.15) is 0 Å². The first-order valence-electron chi connectivity index (χ1n) is 13.4. The van der Waals surface area contributed by atoms with Crippen molar-refractivity contribution < 1.29 is 23.9 Å². The van der Waals surface area contributed by atoms with Gasteiger partial charge in [0.1, 0.15) is 17.1 Å². The molecule has 11 nitrogen and oxygen atoms in total. The van der Waals surface area contributed by atoms with Gasteiger partial charge in [0, 0.05) is 23.9 Å². The van der Waals surface area contributed by atoms with Gasteiger partial charge in [-0.15, -0.1) is 0 Å². The zero-order chi connectivity index (χ0) is 29.0. The Kier molecular flexibility index (Phi) is 8.41. The van der Waals surface area contributed by atoms with Gasteiger partial charge in [0.15, 0.2) is 11.5 Å². The minimum Gasteiger partial charge on any atom is -0.461 e. The van der Waals surface area contributed by atoms with E-state index in [0.29, 0.717) is 41.4 Å². The van der Waals surface area contributed by atoms with Crippen LogP contribution in [0.1, 0.15) is 85.7 Å². The second-order valence-corrected chi connectivity index (χ2v) is 10.5. The summed E-state index contributed by atoms with van der Waals surface area (Å²) in [6.07, 6.45) is 3.37. The number of likely N-dealkylation sites (tertiary alicyclic amines) is 1. The molecule has 1 aliphatic rings. The molecule has 11 heteroatoms. The monoisotopic (exact) mass is 548 g/mol. The largest absolute Gasteiger partial charge is 0.461 e. The van der Waals surface area contributed by atoms with E-state index in [1.54, 1.807) is 63.1 Å². The Morgan fingerprint density at radius 1 is 1.12 bits per heavy atom. The van der Waals surface area contributed by atoms with Crippen LogP contribution >= 0.6 is 0 Å². The molecule has 0 bridgehead atoms. The number of ether oxygens (including phenoxy) is 2. The summed E-state index contributed by atoms with van der Waals surface area (Å²) in [4.78, 5) is 49.3. The molecule has 1 atom stereocenters. The highest BCUT2D eigenvalue weighted by atomic mass is 16.6. The van der Waals surface area contributed by atoms with Gasteiger partial charge in [0.05, 0.1) is 12.6 Å². The number of carbonyl (C=O) groups is 3. The summed E-state index contributed by atoms with van der Waals surface area (Å²) < 4.78 is 12.1. The maximum absolute atomic E-state index is 13.0. The highest BCUT2D eigenvalue weighted by Crippen LogP contribution is 2.35. The van der Waals surface area contributed by atoms with E-state index in [4.69, 9.17) is 20.3 Å². The van der Waals surface area contributed by atoms with E-state index >= 15 is 0 Å². The van der Waals surface area contributed by atoms with E-state index in [1.807, 2.05) is 19.1 Å². The van der Waals surface area contributed by atoms with E-state index < -0.39 is 23.7 Å². The molecule has 1 fully saturated rings. The van der Waals surface area contributed by atoms with Crippen molar-refractivity contribution in [3.05, 3.63) is 65.2 Å². The van der Waals surface area contributed by atoms with Gasteiger partial charge in [-0.05, 0) is 76.8 Å². The number of hydrogen-bond acceptors (Lipinski definition) is 8. The number of anilines is 1. The van der Waals surface area contributed by atoms with Crippen molar-refractivity contribution >= 4 is 23.8 Å². The summed E-state index contributed by atoms with van der Waals surface area (Å²) in [6.45, 7) is 9.78. The Morgan fingerprint density at radius 2 is 1.85 bits per heavy atom. The fourth-order valence-corrected chi connectivity index (χ4v) is 4.59. The number of rotatable bonds is 7. The predicted molar refractivity (Wildman–Crippen MR) is 150 cm³/mol. The van der Waals surface area contributed by atoms with Crippen LogP contribution in [0.4, 0.5) is 10.6 Å². The number of carbonyl (C=O) groups excluding carboxylic acids is 3. The zero-order valence-corrected chi connectivity index (χ0v) is 23.6. The van der Waals surface area contributed by atoms with Gasteiger partial charge in [0.25, 0.3) is 5.91 Å². The molecular formula is C29H36N6O5. The Labute approximate surface area is 233 Å². The quantitative estimate of drug-likeness (QED) is 0.319. The molecule has 3 heterocycles. The zero-order valence-electron chi connectivity index (χ0n) is 23.6. The summed E-state index contributed by atoms with van der Waals surface area (Å²) in [5.41, 5.74) is 1.74. The first-order valence-corrected chi connectivity index (χ1v) is 13.4. The second kappa shape index (κ2) is 11.8. The number of imidazole rings is 1. The number of aromatic nitrogens is 3. The molecule has 3 N–H and O–H groups in total. The molecule has 1 aliphatic heterocycles. The Hall–Kier alpha value is -4.41. The third-order valence-electron chi connectivity index (χ3n) is 6.48. The van der Waals surface area contributed by atoms with Crippen molar-refractivity contribution in [3.8, 4) is 11.3 Å². The van der Waals surface area contributed by atoms with Crippen molar-refractivity contribution in [1.82, 2.24) is 19.5 Å². The summed E-state index contributed by atoms with van der Waals surface area (Å²) in [7, 11) is 0. The molecule has 0 saturated carbocycles. The first kappa shape index (κ1) is 28.6. The number of nitrogens with two attached hydrogens (primary N) is 1. The molecular weight excluding hydrogens is 512 g/mol. The van der Waals surface area contributed by atoms with Gasteiger partial charge in [-0.3, -0.25) is 9.69 Å². The lowest BCUT2D eigenvalue weighted by atomic mass is 10.1. The second-order valence-electron chi connectivity index (χ2n) is 10.5. The SMILES string of the molecule is CCOC(=O)c1c(-c2ccc(C(=O)Nc3cc(CC)ccn3)cc2)nc(C2CCCN2C(=O)OC(C)(C)C)n1N. The lowest BCUT2D eigenvalue weighted by Crippen LogP contribution is -2.37. The normalized spacial score (nSPS) is 15.1. The maximum atomic E-state index is 13.0. The number of nitrogens with one attached hydrogen (secondary N) is 1. The number of benzene rings is 1. The standard InChI is InChI=1S/C29H36N6O5/c1-6-18-14-15-31-22(17-18)32-26(36)20-12-10-19(11-13-20)23-24(27(37)39-7-2)35(30)25(33-23)21-9-8-16-34(21)28(38)40-29(3,4)5/h10-15,17,21H,6-9,16,30H2,1-5H3,(H,31,32,36). The van der Waals surface area contributed by atoms with Crippen LogP contribution in [0.15, 0.2) is 42.6 Å². The maximum Gasteiger partial charge on any atom is 0.410 e. The van der Waals surface area contributed by atoms with Crippen molar-refractivity contribution in [3.63, 3.8) is 0 Å². The third kappa shape index (κ3) is 6.24. The van der Waals surface area contributed by atoms with Gasteiger partial charge in [-0.1, -0.05) is 19.1 Å². The summed E-state index contributed by atoms with van der Waals surface area (Å²) in [6, 6.07) is 9.92. The van der Waals surface area contributed by atoms with Gasteiger partial charge in [-0.25, -0.2) is 24.2 Å². The predicted octanol–water partition coefficient (Wildman–Crippen LogP) is 4.72. The van der Waals surface area contributed by atoms with Crippen LogP contribution in [0.3, 0.4) is 0 Å². The van der Waals surface area contributed by atoms with Crippen LogP contribution in [-0.4, -0.2) is 56.3 Å². The van der Waals surface area contributed by atoms with E-state index in [-0.39, 0.29) is 18.2 Å². The topological polar surface area (TPSA) is 142 Å². The number of pyridine rings is 1. The van der Waals surface area contributed by atoms with E-state index in [9.17, 15) is 14.4 Å². The van der Waals surface area contributed by atoms with Crippen molar-refractivity contribution in [1.29, 1.82) is 0 Å². The molecule has 2 amide bonds. The van der Waals surface area contributed by atoms with Crippen molar-refractivity contribution in [2.24, 2.45) is 0 Å². The number of nitrogens with zero attached hydrogens (tertiary/aromatic N) is 4. The van der Waals surface area contributed by atoms with Crippen LogP contribution in [0.5, 0.6) is 0 Å². The summed E-state index contributed by atoms with van der Waals surface area (Å²) in [5, 5.41) is 2.81. The number of aryl methyl sites for hydroxylation is 1. The minimum atomic E-state index is -0.660. The summed E-state index contributed by atoms with van der Waals surface area (Å²) in [5.74, 6) is 6.30. The molecule has 4 rings (SSSR count). The highest BCUT2D eigenvalue weighted by molar-refractivity contribution is 6.04. The molecule has 1 aromatic carbocycles. The van der Waals surface area contributed by atoms with E-state index in [2.05, 4.69) is 10.3 Å². The van der Waals surface area contributed by atoms with Crippen molar-refractivity contribution in [2.75, 3.05) is 24.3 Å². The minimum absolute atomic E-state index is 0.0608. The molecule has 212 valence electrons. The van der Waals surface area contributed by atoms with Crippen LogP contribution in [-0.2, 0) is 15.9 Å². The highest BCUT2D eigenvalue weighted by Gasteiger charge is 2.38. The Bertz CT molecular complexity index is 1390. The molecule has 0 spiro atoms. The van der Waals surface area contributed by atoms with Crippen LogP contribution in [0, 0.1) is 0 Å². The fourth-order valence-electron chi connectivity index (χ4n) is 4.59. The Morgan fingerprint density at radius 3 is 2.50 bits per heavy atom. The van der Waals surface area contributed by atoms with Crippen molar-refractivity contribution in [2.45, 2.75) is 65.5 Å². The van der Waals surface area contributed by atoms with Crippen LogP contribution < -0.4 is 11.2 Å². The van der Waals surface area contributed by atoms with Gasteiger partial charge >= 0.3 is 12.1 Å². The van der Waals surface area contributed by atoms with Gasteiger partial charge in [0.2, 0.25) is 0 Å². The van der Waals surface area contributed by atoms with E-state index in [0.717, 1.165) is 18.4 Å². The number of hydrogen-bond donors (Lipinski definition) is 2. The van der Waals surface area contributed by atoms with Crippen LogP contribution in [0.2, 0.25) is 0 Å². The van der Waals surface area contributed by atoms with Crippen LogP contribution in [0.25, 0.3) is 11.3 Å².